The second-order valence-corrected chi connectivity index (χ2v) is 7.53. The van der Waals surface area contributed by atoms with Crippen molar-refractivity contribution >= 4 is 39.9 Å². The molecule has 156 valence electrons. The molecule has 0 aliphatic heterocycles. The van der Waals surface area contributed by atoms with Gasteiger partial charge < -0.3 is 14.8 Å². The Balaban J connectivity index is 1.59. The molecule has 1 saturated carbocycles. The summed E-state index contributed by atoms with van der Waals surface area (Å²) in [4.78, 5) is 20.5. The van der Waals surface area contributed by atoms with Gasteiger partial charge in [-0.1, -0.05) is 17.5 Å². The van der Waals surface area contributed by atoms with Crippen LogP contribution in [-0.2, 0) is 4.79 Å². The lowest BCUT2D eigenvalue weighted by atomic mass is 9.99. The van der Waals surface area contributed by atoms with E-state index in [1.165, 1.54) is 18.6 Å². The number of terminal acetylenes is 1. The highest BCUT2D eigenvalue weighted by molar-refractivity contribution is 6.35. The second kappa shape index (κ2) is 7.01. The van der Waals surface area contributed by atoms with Gasteiger partial charge in [0.2, 0.25) is 5.91 Å². The standard InChI is InChI=1S/C20H13ClF2N6O2/c1-2-12(30)16-18(23)17(21)15(9-4-25-28-19(9)16)11-6-29-7-13(26-14(29)5-24-11)27-20(31)8-3-10(8)22/h1,4-8,10,12,30H,3H2,(H,25,28)(H,27,31). The van der Waals surface area contributed by atoms with Gasteiger partial charge in [0.15, 0.2) is 17.3 Å². The molecule has 1 aliphatic rings. The monoisotopic (exact) mass is 442 g/mol. The number of carbonyl (C=O) groups is 1. The number of aliphatic hydroxyl groups excluding tert-OH is 1. The molecule has 5 rings (SSSR count). The van der Waals surface area contributed by atoms with Crippen molar-refractivity contribution < 1.29 is 18.7 Å². The second-order valence-electron chi connectivity index (χ2n) is 7.16. The summed E-state index contributed by atoms with van der Waals surface area (Å²) in [6.45, 7) is 0. The minimum Gasteiger partial charge on any atom is -0.376 e. The normalized spacial score (nSPS) is 18.8. The largest absolute Gasteiger partial charge is 0.376 e. The molecule has 0 bridgehead atoms. The molecule has 0 radical (unpaired) electrons. The van der Waals surface area contributed by atoms with Crippen molar-refractivity contribution in [3.63, 3.8) is 0 Å². The summed E-state index contributed by atoms with van der Waals surface area (Å²) in [5.41, 5.74) is 0.976. The zero-order valence-corrected chi connectivity index (χ0v) is 16.4. The third-order valence-electron chi connectivity index (χ3n) is 5.16. The van der Waals surface area contributed by atoms with Gasteiger partial charge in [0.1, 0.15) is 12.3 Å². The molecule has 3 atom stereocenters. The highest BCUT2D eigenvalue weighted by atomic mass is 35.5. The summed E-state index contributed by atoms with van der Waals surface area (Å²) in [6.07, 6.45) is 8.75. The van der Waals surface area contributed by atoms with Crippen molar-refractivity contribution in [2.45, 2.75) is 18.7 Å². The van der Waals surface area contributed by atoms with Crippen LogP contribution in [0.5, 0.6) is 0 Å². The Morgan fingerprint density at radius 3 is 2.94 bits per heavy atom. The van der Waals surface area contributed by atoms with Crippen LogP contribution in [0.15, 0.2) is 24.8 Å². The topological polar surface area (TPSA) is 108 Å². The fraction of sp³-hybridized carbons (Fsp3) is 0.200. The Kier molecular flexibility index (Phi) is 4.39. The number of hydrogen-bond donors (Lipinski definition) is 3. The summed E-state index contributed by atoms with van der Waals surface area (Å²) < 4.78 is 29.7. The summed E-state index contributed by atoms with van der Waals surface area (Å²) in [7, 11) is 0. The van der Waals surface area contributed by atoms with E-state index in [1.54, 1.807) is 10.6 Å². The Morgan fingerprint density at radius 1 is 1.45 bits per heavy atom. The van der Waals surface area contributed by atoms with E-state index in [-0.39, 0.29) is 33.9 Å². The number of aliphatic hydroxyl groups is 1. The van der Waals surface area contributed by atoms with E-state index in [4.69, 9.17) is 18.0 Å². The first-order valence-corrected chi connectivity index (χ1v) is 9.55. The van der Waals surface area contributed by atoms with Gasteiger partial charge in [-0.15, -0.1) is 6.42 Å². The molecule has 3 heterocycles. The molecule has 11 heteroatoms. The van der Waals surface area contributed by atoms with Crippen LogP contribution in [0.2, 0.25) is 5.02 Å². The molecular weight excluding hydrogens is 430 g/mol. The predicted octanol–water partition coefficient (Wildman–Crippen LogP) is 3.03. The molecule has 8 nitrogen and oxygen atoms in total. The van der Waals surface area contributed by atoms with Crippen molar-refractivity contribution in [1.29, 1.82) is 0 Å². The molecule has 1 aliphatic carbocycles. The van der Waals surface area contributed by atoms with Gasteiger partial charge in [-0.2, -0.15) is 5.10 Å². The van der Waals surface area contributed by atoms with Crippen molar-refractivity contribution in [1.82, 2.24) is 24.6 Å². The van der Waals surface area contributed by atoms with Crippen molar-refractivity contribution in [3.05, 3.63) is 41.2 Å². The molecule has 3 N–H and O–H groups in total. The Labute approximate surface area is 178 Å². The summed E-state index contributed by atoms with van der Waals surface area (Å²) in [5.74, 6) is 0.344. The van der Waals surface area contributed by atoms with E-state index in [0.29, 0.717) is 16.7 Å². The van der Waals surface area contributed by atoms with Crippen LogP contribution < -0.4 is 5.32 Å². The maximum Gasteiger partial charge on any atom is 0.231 e. The zero-order chi connectivity index (χ0) is 21.9. The number of amides is 1. The number of anilines is 1. The fourth-order valence-corrected chi connectivity index (χ4v) is 3.77. The van der Waals surface area contributed by atoms with Crippen molar-refractivity contribution in [2.75, 3.05) is 5.32 Å². The summed E-state index contributed by atoms with van der Waals surface area (Å²) in [6, 6.07) is 0. The van der Waals surface area contributed by atoms with Crippen LogP contribution in [-0.4, -0.2) is 41.8 Å². The average Bonchev–Trinajstić information content (AvgIpc) is 3.12. The quantitative estimate of drug-likeness (QED) is 0.421. The maximum atomic E-state index is 15.0. The van der Waals surface area contributed by atoms with E-state index in [1.807, 2.05) is 0 Å². The van der Waals surface area contributed by atoms with Gasteiger partial charge in [0.25, 0.3) is 0 Å². The van der Waals surface area contributed by atoms with Gasteiger partial charge in [0, 0.05) is 17.1 Å². The molecular formula is C20H13ClF2N6O2. The average molecular weight is 443 g/mol. The van der Waals surface area contributed by atoms with Gasteiger partial charge in [-0.3, -0.25) is 14.9 Å². The van der Waals surface area contributed by atoms with E-state index in [9.17, 15) is 14.3 Å². The number of carbonyl (C=O) groups excluding carboxylic acids is 1. The Morgan fingerprint density at radius 2 is 2.23 bits per heavy atom. The van der Waals surface area contributed by atoms with E-state index in [0.717, 1.165) is 0 Å². The van der Waals surface area contributed by atoms with Crippen LogP contribution in [0.25, 0.3) is 27.8 Å². The number of H-pyrrole nitrogens is 1. The number of nitrogens with one attached hydrogen (secondary N) is 2. The maximum absolute atomic E-state index is 15.0. The van der Waals surface area contributed by atoms with Crippen LogP contribution in [0.4, 0.5) is 14.6 Å². The molecule has 0 saturated heterocycles. The SMILES string of the molecule is C#CC(O)c1c(F)c(Cl)c(-c2cn3cc(NC(=O)C4CC4F)nc3cn2)c2cn[nH]c12. The number of rotatable bonds is 4. The van der Waals surface area contributed by atoms with E-state index < -0.39 is 29.9 Å². The Bertz CT molecular complexity index is 1410. The zero-order valence-electron chi connectivity index (χ0n) is 15.6. The van der Waals surface area contributed by atoms with Gasteiger partial charge >= 0.3 is 0 Å². The number of aromatic nitrogens is 5. The van der Waals surface area contributed by atoms with Crippen LogP contribution in [0, 0.1) is 24.1 Å². The van der Waals surface area contributed by atoms with E-state index in [2.05, 4.69) is 31.4 Å². The molecule has 4 aromatic rings. The van der Waals surface area contributed by atoms with Crippen LogP contribution in [0.1, 0.15) is 18.1 Å². The van der Waals surface area contributed by atoms with Crippen LogP contribution in [0.3, 0.4) is 0 Å². The lowest BCUT2D eigenvalue weighted by Crippen LogP contribution is -2.15. The first-order valence-electron chi connectivity index (χ1n) is 9.17. The van der Waals surface area contributed by atoms with E-state index >= 15 is 4.39 Å². The summed E-state index contributed by atoms with van der Waals surface area (Å²) >= 11 is 6.30. The molecule has 1 fully saturated rings. The number of alkyl halides is 1. The number of aromatic amines is 1. The third-order valence-corrected chi connectivity index (χ3v) is 5.51. The highest BCUT2D eigenvalue weighted by Crippen LogP contribution is 2.40. The smallest absolute Gasteiger partial charge is 0.231 e. The molecule has 3 aromatic heterocycles. The van der Waals surface area contributed by atoms with Gasteiger partial charge in [-0.25, -0.2) is 13.8 Å². The molecule has 0 spiro atoms. The highest BCUT2D eigenvalue weighted by Gasteiger charge is 2.43. The number of fused-ring (bicyclic) bond motifs is 2. The predicted molar refractivity (Wildman–Crippen MR) is 108 cm³/mol. The number of hydrogen-bond acceptors (Lipinski definition) is 5. The first kappa shape index (κ1) is 19.4. The lowest BCUT2D eigenvalue weighted by Gasteiger charge is -2.13. The third kappa shape index (κ3) is 3.10. The fourth-order valence-electron chi connectivity index (χ4n) is 3.47. The van der Waals surface area contributed by atoms with Crippen molar-refractivity contribution in [2.24, 2.45) is 5.92 Å². The van der Waals surface area contributed by atoms with Crippen LogP contribution >= 0.6 is 11.6 Å². The number of imidazole rings is 1. The minimum absolute atomic E-state index is 0.177. The first-order chi connectivity index (χ1) is 14.9. The molecule has 3 unspecified atom stereocenters. The van der Waals surface area contributed by atoms with Crippen molar-refractivity contribution in [3.8, 4) is 23.6 Å². The van der Waals surface area contributed by atoms with Gasteiger partial charge in [-0.05, 0) is 6.42 Å². The molecule has 1 amide bonds. The lowest BCUT2D eigenvalue weighted by molar-refractivity contribution is -0.117. The molecule has 31 heavy (non-hydrogen) atoms. The Hall–Kier alpha value is -3.55. The number of halogens is 3. The van der Waals surface area contributed by atoms with Gasteiger partial charge in [0.05, 0.1) is 46.3 Å². The number of benzene rings is 1. The molecule has 1 aromatic carbocycles. The summed E-state index contributed by atoms with van der Waals surface area (Å²) in [5, 5.41) is 19.3. The number of nitrogens with zero attached hydrogens (tertiary/aromatic N) is 4. The minimum atomic E-state index is -1.51.